The summed E-state index contributed by atoms with van der Waals surface area (Å²) in [6.45, 7) is 1.97. The Labute approximate surface area is 142 Å². The van der Waals surface area contributed by atoms with Crippen LogP contribution in [0.25, 0.3) is 10.9 Å². The number of H-pyrrole nitrogens is 1. The molecule has 0 bridgehead atoms. The van der Waals surface area contributed by atoms with E-state index in [2.05, 4.69) is 20.3 Å². The van der Waals surface area contributed by atoms with Gasteiger partial charge in [0.25, 0.3) is 5.56 Å². The molecular weight excluding hydrogens is 324 g/mol. The van der Waals surface area contributed by atoms with Crippen molar-refractivity contribution in [3.63, 3.8) is 0 Å². The van der Waals surface area contributed by atoms with Gasteiger partial charge < -0.3 is 10.3 Å². The van der Waals surface area contributed by atoms with Gasteiger partial charge in [-0.2, -0.15) is 0 Å². The molecule has 122 valence electrons. The number of anilines is 1. The van der Waals surface area contributed by atoms with Crippen LogP contribution in [0.1, 0.15) is 34.3 Å². The molecule has 0 radical (unpaired) electrons. The lowest BCUT2D eigenvalue weighted by Gasteiger charge is -2.20. The van der Waals surface area contributed by atoms with E-state index in [1.165, 1.54) is 11.2 Å². The molecule has 1 atom stereocenters. The number of aromatic nitrogens is 3. The number of carbonyl (C=O) groups is 1. The van der Waals surface area contributed by atoms with Gasteiger partial charge in [-0.15, -0.1) is 11.3 Å². The number of fused-ring (bicyclic) bond motifs is 2. The predicted octanol–water partition coefficient (Wildman–Crippen LogP) is 2.75. The van der Waals surface area contributed by atoms with Crippen LogP contribution in [0, 0.1) is 6.92 Å². The van der Waals surface area contributed by atoms with Crippen molar-refractivity contribution in [2.75, 3.05) is 5.32 Å². The molecule has 1 aromatic carbocycles. The number of nitrogens with one attached hydrogen (secondary N) is 2. The number of carbonyl (C=O) groups excluding carboxylic acids is 1. The predicted molar refractivity (Wildman–Crippen MR) is 93.5 cm³/mol. The Balaban J connectivity index is 1.69. The highest BCUT2D eigenvalue weighted by molar-refractivity contribution is 7.11. The summed E-state index contributed by atoms with van der Waals surface area (Å²) in [6, 6.07) is 5.20. The molecule has 0 aliphatic heterocycles. The number of hydrogen-bond donors (Lipinski definition) is 2. The number of rotatable bonds is 2. The minimum atomic E-state index is -0.240. The van der Waals surface area contributed by atoms with E-state index in [9.17, 15) is 9.59 Å². The highest BCUT2D eigenvalue weighted by Gasteiger charge is 2.30. The third-order valence-corrected chi connectivity index (χ3v) is 5.35. The van der Waals surface area contributed by atoms with Crippen molar-refractivity contribution in [2.24, 2.45) is 0 Å². The molecule has 3 aromatic rings. The lowest BCUT2D eigenvalue weighted by Crippen LogP contribution is -2.25. The number of aromatic amines is 1. The first kappa shape index (κ1) is 15.0. The Kier molecular flexibility index (Phi) is 3.65. The van der Waals surface area contributed by atoms with Gasteiger partial charge in [-0.25, -0.2) is 9.97 Å². The van der Waals surface area contributed by atoms with Gasteiger partial charge in [0.2, 0.25) is 5.91 Å². The number of thiazole rings is 1. The van der Waals surface area contributed by atoms with E-state index in [1.54, 1.807) is 29.5 Å². The van der Waals surface area contributed by atoms with Crippen molar-refractivity contribution in [1.82, 2.24) is 15.0 Å². The summed E-state index contributed by atoms with van der Waals surface area (Å²) in [6.07, 6.45) is 4.12. The maximum atomic E-state index is 12.8. The molecule has 0 spiro atoms. The normalized spacial score (nSPS) is 16.8. The Morgan fingerprint density at radius 1 is 1.42 bits per heavy atom. The molecule has 0 saturated heterocycles. The van der Waals surface area contributed by atoms with Crippen LogP contribution in [-0.4, -0.2) is 20.9 Å². The Bertz CT molecular complexity index is 992. The van der Waals surface area contributed by atoms with Crippen LogP contribution in [0.3, 0.4) is 0 Å². The zero-order valence-corrected chi connectivity index (χ0v) is 13.9. The van der Waals surface area contributed by atoms with Crippen molar-refractivity contribution in [3.05, 3.63) is 50.5 Å². The summed E-state index contributed by atoms with van der Waals surface area (Å²) >= 11 is 1.67. The van der Waals surface area contributed by atoms with E-state index < -0.39 is 0 Å². The van der Waals surface area contributed by atoms with Crippen molar-refractivity contribution < 1.29 is 4.79 Å². The van der Waals surface area contributed by atoms with Crippen LogP contribution >= 0.6 is 11.3 Å². The van der Waals surface area contributed by atoms with Gasteiger partial charge in [-0.05, 0) is 38.3 Å². The van der Waals surface area contributed by atoms with Crippen LogP contribution in [-0.2, 0) is 11.2 Å². The third kappa shape index (κ3) is 2.50. The average Bonchev–Trinajstić information content (AvgIpc) is 2.95. The maximum absolute atomic E-state index is 12.8. The van der Waals surface area contributed by atoms with E-state index in [-0.39, 0.29) is 17.4 Å². The molecule has 1 aliphatic carbocycles. The third-order valence-electron chi connectivity index (χ3n) is 4.31. The Hall–Kier alpha value is -2.54. The molecule has 1 unspecified atom stereocenters. The number of hydrogen-bond acceptors (Lipinski definition) is 5. The van der Waals surface area contributed by atoms with Gasteiger partial charge >= 0.3 is 0 Å². The fourth-order valence-electron chi connectivity index (χ4n) is 3.22. The Morgan fingerprint density at radius 3 is 3.17 bits per heavy atom. The van der Waals surface area contributed by atoms with E-state index in [4.69, 9.17) is 0 Å². The first-order valence-corrected chi connectivity index (χ1v) is 8.68. The van der Waals surface area contributed by atoms with Gasteiger partial charge in [0, 0.05) is 4.88 Å². The fourth-order valence-corrected chi connectivity index (χ4v) is 4.25. The minimum absolute atomic E-state index is 0.0872. The number of benzene rings is 1. The van der Waals surface area contributed by atoms with Crippen molar-refractivity contribution in [3.8, 4) is 0 Å². The lowest BCUT2D eigenvalue weighted by atomic mass is 9.90. The van der Waals surface area contributed by atoms with Crippen LogP contribution < -0.4 is 10.9 Å². The molecule has 0 saturated carbocycles. The summed E-state index contributed by atoms with van der Waals surface area (Å²) in [5.74, 6) is -0.327. The average molecular weight is 340 g/mol. The smallest absolute Gasteiger partial charge is 0.258 e. The lowest BCUT2D eigenvalue weighted by molar-refractivity contribution is -0.117. The van der Waals surface area contributed by atoms with Crippen LogP contribution in [0.15, 0.2) is 29.3 Å². The minimum Gasteiger partial charge on any atom is -0.324 e. The van der Waals surface area contributed by atoms with Gasteiger partial charge in [-0.3, -0.25) is 9.59 Å². The van der Waals surface area contributed by atoms with Crippen molar-refractivity contribution >= 4 is 33.8 Å². The fraction of sp³-hybridized carbons (Fsp3) is 0.294. The molecule has 1 amide bonds. The summed E-state index contributed by atoms with van der Waals surface area (Å²) in [4.78, 5) is 37.2. The second-order valence-corrected chi connectivity index (χ2v) is 7.20. The van der Waals surface area contributed by atoms with Crippen LogP contribution in [0.2, 0.25) is 0 Å². The Morgan fingerprint density at radius 2 is 2.29 bits per heavy atom. The van der Waals surface area contributed by atoms with Gasteiger partial charge in [0.15, 0.2) is 0 Å². The van der Waals surface area contributed by atoms with E-state index in [1.807, 2.05) is 6.92 Å². The van der Waals surface area contributed by atoms with E-state index >= 15 is 0 Å². The van der Waals surface area contributed by atoms with Crippen LogP contribution in [0.5, 0.6) is 0 Å². The molecule has 6 nitrogen and oxygen atoms in total. The van der Waals surface area contributed by atoms with Gasteiger partial charge in [0.1, 0.15) is 5.52 Å². The van der Waals surface area contributed by atoms with Gasteiger partial charge in [-0.1, -0.05) is 6.07 Å². The molecule has 24 heavy (non-hydrogen) atoms. The second kappa shape index (κ2) is 5.83. The maximum Gasteiger partial charge on any atom is 0.258 e. The number of para-hydroxylation sites is 1. The van der Waals surface area contributed by atoms with Crippen LogP contribution in [0.4, 0.5) is 5.69 Å². The molecule has 1 aliphatic rings. The van der Waals surface area contributed by atoms with Crippen molar-refractivity contribution in [1.29, 1.82) is 0 Å². The summed E-state index contributed by atoms with van der Waals surface area (Å²) < 4.78 is 0. The monoisotopic (exact) mass is 340 g/mol. The highest BCUT2D eigenvalue weighted by atomic mass is 32.1. The zero-order chi connectivity index (χ0) is 16.7. The van der Waals surface area contributed by atoms with Gasteiger partial charge in [0.05, 0.1) is 34.0 Å². The molecule has 7 heteroatoms. The molecule has 4 rings (SSSR count). The zero-order valence-electron chi connectivity index (χ0n) is 13.1. The van der Waals surface area contributed by atoms with E-state index in [0.29, 0.717) is 16.6 Å². The molecule has 2 aromatic heterocycles. The molecule has 2 heterocycles. The largest absolute Gasteiger partial charge is 0.324 e. The molecule has 0 fully saturated rings. The number of nitrogens with zero attached hydrogens (tertiary/aromatic N) is 2. The van der Waals surface area contributed by atoms with E-state index in [0.717, 1.165) is 30.0 Å². The molecular formula is C17H16N4O2S. The first-order valence-electron chi connectivity index (χ1n) is 7.87. The number of amides is 1. The summed E-state index contributed by atoms with van der Waals surface area (Å²) in [5, 5.41) is 4.40. The summed E-state index contributed by atoms with van der Waals surface area (Å²) in [7, 11) is 0. The topological polar surface area (TPSA) is 87.7 Å². The standard InChI is InChI=1S/C17H16N4O2S/c1-9-20-15-11(5-3-7-13(15)24-9)17(23)21-12-6-2-4-10-14(12)18-8-19-16(10)22/h2,4,6,8,11H,3,5,7H2,1H3,(H,21,23)(H,18,19,22). The summed E-state index contributed by atoms with van der Waals surface area (Å²) in [5.41, 5.74) is 1.75. The SMILES string of the molecule is Cc1nc2c(s1)CCCC2C(=O)Nc1cccc2c(=O)[nH]cnc12. The van der Waals surface area contributed by atoms with Crippen molar-refractivity contribution in [2.45, 2.75) is 32.1 Å². The number of aryl methyl sites for hydroxylation is 2. The molecule has 2 N–H and O–H groups in total. The first-order chi connectivity index (χ1) is 11.6. The highest BCUT2D eigenvalue weighted by Crippen LogP contribution is 2.35. The second-order valence-electron chi connectivity index (χ2n) is 5.91. The quantitative estimate of drug-likeness (QED) is 0.751.